The summed E-state index contributed by atoms with van der Waals surface area (Å²) in [5.41, 5.74) is -0.325. The summed E-state index contributed by atoms with van der Waals surface area (Å²) in [5, 5.41) is 10.2. The van der Waals surface area contributed by atoms with E-state index in [1.165, 1.54) is 24.3 Å². The van der Waals surface area contributed by atoms with E-state index < -0.39 is 17.7 Å². The Hall–Kier alpha value is -3.15. The van der Waals surface area contributed by atoms with Crippen molar-refractivity contribution in [3.63, 3.8) is 0 Å². The highest BCUT2D eigenvalue weighted by atomic mass is 16.6. The van der Waals surface area contributed by atoms with Crippen LogP contribution in [0.1, 0.15) is 53.2 Å². The maximum absolute atomic E-state index is 12.7. The van der Waals surface area contributed by atoms with E-state index in [2.05, 4.69) is 0 Å². The van der Waals surface area contributed by atoms with Crippen molar-refractivity contribution in [2.45, 2.75) is 32.5 Å². The lowest BCUT2D eigenvalue weighted by atomic mass is 10.0. The molecule has 0 saturated heterocycles. The van der Waals surface area contributed by atoms with Crippen LogP contribution in [0.15, 0.2) is 42.5 Å². The Morgan fingerprint density at radius 1 is 1.08 bits per heavy atom. The zero-order chi connectivity index (χ0) is 19.3. The lowest BCUT2D eigenvalue weighted by Gasteiger charge is -2.25. The monoisotopic (exact) mass is 356 g/mol. The van der Waals surface area contributed by atoms with Crippen LogP contribution < -0.4 is 4.74 Å². The average Bonchev–Trinajstić information content (AvgIpc) is 2.58. The lowest BCUT2D eigenvalue weighted by molar-refractivity contribution is -0.163. The Balaban J connectivity index is 2.50. The molecule has 136 valence electrons. The molecule has 0 aliphatic rings. The molecule has 0 heterocycles. The van der Waals surface area contributed by atoms with E-state index in [0.29, 0.717) is 18.1 Å². The number of hydrogen-bond acceptors (Lipinski definition) is 6. The molecule has 0 aliphatic carbocycles. The third kappa shape index (κ3) is 4.69. The third-order valence-electron chi connectivity index (χ3n) is 3.37. The first-order chi connectivity index (χ1) is 12.2. The number of carbonyl (C=O) groups excluding carboxylic acids is 3. The van der Waals surface area contributed by atoms with Crippen molar-refractivity contribution in [3.8, 4) is 11.5 Å². The number of ether oxygens (including phenoxy) is 2. The van der Waals surface area contributed by atoms with Crippen molar-refractivity contribution in [1.29, 1.82) is 0 Å². The molecule has 6 nitrogen and oxygen atoms in total. The number of rotatable bonds is 6. The largest absolute Gasteiger partial charge is 0.507 e. The van der Waals surface area contributed by atoms with Crippen molar-refractivity contribution in [2.75, 3.05) is 0 Å². The van der Waals surface area contributed by atoms with Crippen molar-refractivity contribution < 1.29 is 29.0 Å². The van der Waals surface area contributed by atoms with Gasteiger partial charge in [-0.15, -0.1) is 0 Å². The van der Waals surface area contributed by atoms with Gasteiger partial charge in [-0.1, -0.05) is 24.3 Å². The van der Waals surface area contributed by atoms with Crippen LogP contribution in [0, 0.1) is 0 Å². The number of benzene rings is 2. The second-order valence-corrected chi connectivity index (χ2v) is 6.62. The molecule has 0 amide bonds. The summed E-state index contributed by atoms with van der Waals surface area (Å²) in [4.78, 5) is 35.0. The van der Waals surface area contributed by atoms with E-state index in [-0.39, 0.29) is 22.6 Å². The Morgan fingerprint density at radius 3 is 2.38 bits per heavy atom. The standard InChI is InChI=1S/C20H20O6/c1-20(2,3)26-19(24)18(17-14(12-22)7-5-9-16(17)23)25-15-8-4-6-13(10-15)11-21/h4-12,18,23H,1-3H3. The summed E-state index contributed by atoms with van der Waals surface area (Å²) in [6, 6.07) is 10.5. The first kappa shape index (κ1) is 19.2. The number of carbonyl (C=O) groups is 3. The highest BCUT2D eigenvalue weighted by Crippen LogP contribution is 2.33. The highest BCUT2D eigenvalue weighted by Gasteiger charge is 2.32. The van der Waals surface area contributed by atoms with Gasteiger partial charge in [-0.2, -0.15) is 0 Å². The first-order valence-electron chi connectivity index (χ1n) is 7.97. The average molecular weight is 356 g/mol. The van der Waals surface area contributed by atoms with Gasteiger partial charge >= 0.3 is 5.97 Å². The molecule has 0 bridgehead atoms. The molecule has 0 fully saturated rings. The summed E-state index contributed by atoms with van der Waals surface area (Å²) in [7, 11) is 0. The molecule has 0 aromatic heterocycles. The second-order valence-electron chi connectivity index (χ2n) is 6.62. The van der Waals surface area contributed by atoms with Crippen molar-refractivity contribution in [1.82, 2.24) is 0 Å². The Bertz CT molecular complexity index is 819. The molecule has 0 spiro atoms. The van der Waals surface area contributed by atoms with Gasteiger partial charge in [-0.05, 0) is 39.0 Å². The lowest BCUT2D eigenvalue weighted by Crippen LogP contribution is -2.30. The van der Waals surface area contributed by atoms with Crippen LogP contribution in [0.3, 0.4) is 0 Å². The van der Waals surface area contributed by atoms with E-state index in [9.17, 15) is 19.5 Å². The van der Waals surface area contributed by atoms with Crippen LogP contribution in [0.5, 0.6) is 11.5 Å². The third-order valence-corrected chi connectivity index (χ3v) is 3.37. The quantitative estimate of drug-likeness (QED) is 0.629. The summed E-state index contributed by atoms with van der Waals surface area (Å²) in [6.07, 6.45) is -0.207. The fourth-order valence-electron chi connectivity index (χ4n) is 2.34. The predicted octanol–water partition coefficient (Wildman–Crippen LogP) is 3.48. The Labute approximate surface area is 151 Å². The summed E-state index contributed by atoms with van der Waals surface area (Å²) < 4.78 is 11.1. The highest BCUT2D eigenvalue weighted by molar-refractivity contribution is 5.86. The molecule has 2 aromatic carbocycles. The number of phenolic OH excluding ortho intramolecular Hbond substituents is 1. The minimum Gasteiger partial charge on any atom is -0.507 e. The molecule has 1 unspecified atom stereocenters. The molecule has 0 saturated carbocycles. The molecular formula is C20H20O6. The molecule has 1 N–H and O–H groups in total. The van der Waals surface area contributed by atoms with Gasteiger partial charge in [-0.25, -0.2) is 4.79 Å². The fraction of sp³-hybridized carbons (Fsp3) is 0.250. The van der Waals surface area contributed by atoms with Gasteiger partial charge in [0, 0.05) is 11.1 Å². The smallest absolute Gasteiger partial charge is 0.352 e. The van der Waals surface area contributed by atoms with Crippen LogP contribution >= 0.6 is 0 Å². The summed E-state index contributed by atoms with van der Waals surface area (Å²) >= 11 is 0. The van der Waals surface area contributed by atoms with E-state index in [4.69, 9.17) is 9.47 Å². The molecule has 2 aromatic rings. The maximum Gasteiger partial charge on any atom is 0.352 e. The van der Waals surface area contributed by atoms with Gasteiger partial charge in [0.15, 0.2) is 6.29 Å². The molecule has 0 aliphatic heterocycles. The molecule has 6 heteroatoms. The molecule has 0 radical (unpaired) electrons. The first-order valence-corrected chi connectivity index (χ1v) is 7.97. The zero-order valence-electron chi connectivity index (χ0n) is 14.8. The predicted molar refractivity (Wildman–Crippen MR) is 94.5 cm³/mol. The number of aromatic hydroxyl groups is 1. The van der Waals surface area contributed by atoms with Crippen LogP contribution in [0.2, 0.25) is 0 Å². The zero-order valence-corrected chi connectivity index (χ0v) is 14.8. The van der Waals surface area contributed by atoms with Gasteiger partial charge < -0.3 is 14.6 Å². The maximum atomic E-state index is 12.7. The summed E-state index contributed by atoms with van der Waals surface area (Å²) in [5.74, 6) is -0.804. The topological polar surface area (TPSA) is 89.9 Å². The number of hydrogen-bond donors (Lipinski definition) is 1. The number of phenols is 1. The van der Waals surface area contributed by atoms with Crippen LogP contribution in [0.4, 0.5) is 0 Å². The minimum atomic E-state index is -1.38. The Kier molecular flexibility index (Phi) is 5.77. The van der Waals surface area contributed by atoms with E-state index >= 15 is 0 Å². The minimum absolute atomic E-state index is 0.00764. The molecule has 2 rings (SSSR count). The second kappa shape index (κ2) is 7.82. The molecule has 1 atom stereocenters. The molecular weight excluding hydrogens is 336 g/mol. The van der Waals surface area contributed by atoms with Crippen molar-refractivity contribution in [3.05, 3.63) is 59.2 Å². The number of esters is 1. The normalized spacial score (nSPS) is 12.1. The van der Waals surface area contributed by atoms with E-state index in [1.807, 2.05) is 0 Å². The van der Waals surface area contributed by atoms with Gasteiger partial charge in [0.2, 0.25) is 6.10 Å². The van der Waals surface area contributed by atoms with Crippen LogP contribution in [-0.2, 0) is 9.53 Å². The SMILES string of the molecule is CC(C)(C)OC(=O)C(Oc1cccc(C=O)c1)c1c(O)cccc1C=O. The van der Waals surface area contributed by atoms with Gasteiger partial charge in [0.25, 0.3) is 0 Å². The molecule has 26 heavy (non-hydrogen) atoms. The summed E-state index contributed by atoms with van der Waals surface area (Å²) in [6.45, 7) is 5.08. The van der Waals surface area contributed by atoms with Crippen LogP contribution in [0.25, 0.3) is 0 Å². The van der Waals surface area contributed by atoms with Gasteiger partial charge in [-0.3, -0.25) is 9.59 Å². The van der Waals surface area contributed by atoms with E-state index in [1.54, 1.807) is 39.0 Å². The number of aldehydes is 2. The fourth-order valence-corrected chi connectivity index (χ4v) is 2.34. The van der Waals surface area contributed by atoms with Gasteiger partial charge in [0.1, 0.15) is 23.4 Å². The van der Waals surface area contributed by atoms with Gasteiger partial charge in [0.05, 0.1) is 5.56 Å². The van der Waals surface area contributed by atoms with Crippen LogP contribution in [-0.4, -0.2) is 29.2 Å². The van der Waals surface area contributed by atoms with Crippen molar-refractivity contribution >= 4 is 18.5 Å². The van der Waals surface area contributed by atoms with Crippen molar-refractivity contribution in [2.24, 2.45) is 0 Å². The Morgan fingerprint density at radius 2 is 1.77 bits per heavy atom. The van der Waals surface area contributed by atoms with E-state index in [0.717, 1.165) is 0 Å².